The van der Waals surface area contributed by atoms with Crippen LogP contribution in [0.4, 0.5) is 0 Å². The van der Waals surface area contributed by atoms with Gasteiger partial charge in [-0.25, -0.2) is 0 Å². The van der Waals surface area contributed by atoms with E-state index in [1.54, 1.807) is 6.92 Å². The van der Waals surface area contributed by atoms with E-state index in [0.29, 0.717) is 19.1 Å². The van der Waals surface area contributed by atoms with Gasteiger partial charge in [-0.1, -0.05) is 19.9 Å². The lowest BCUT2D eigenvalue weighted by atomic mass is 10.1. The van der Waals surface area contributed by atoms with Gasteiger partial charge in [0.05, 0.1) is 0 Å². The Labute approximate surface area is 125 Å². The summed E-state index contributed by atoms with van der Waals surface area (Å²) in [6.07, 6.45) is 0.336. The van der Waals surface area contributed by atoms with Crippen molar-refractivity contribution in [2.75, 3.05) is 19.9 Å². The summed E-state index contributed by atoms with van der Waals surface area (Å²) >= 11 is 0. The molecule has 0 aromatic heterocycles. The van der Waals surface area contributed by atoms with Gasteiger partial charge in [0.25, 0.3) is 0 Å². The summed E-state index contributed by atoms with van der Waals surface area (Å²) in [7, 11) is 0. The van der Waals surface area contributed by atoms with Gasteiger partial charge in [0, 0.05) is 13.2 Å². The molecule has 0 saturated heterocycles. The molecule has 1 N–H and O–H groups in total. The first-order valence-corrected chi connectivity index (χ1v) is 7.34. The topological polar surface area (TPSA) is 56.8 Å². The number of benzene rings is 1. The van der Waals surface area contributed by atoms with Gasteiger partial charge in [0.1, 0.15) is 6.10 Å². The van der Waals surface area contributed by atoms with Crippen molar-refractivity contribution in [2.45, 2.75) is 33.3 Å². The first-order valence-electron chi connectivity index (χ1n) is 7.34. The van der Waals surface area contributed by atoms with Crippen LogP contribution >= 0.6 is 0 Å². The quantitative estimate of drug-likeness (QED) is 0.837. The van der Waals surface area contributed by atoms with Gasteiger partial charge < -0.3 is 19.5 Å². The first kappa shape index (κ1) is 15.6. The Kier molecular flexibility index (Phi) is 5.44. The van der Waals surface area contributed by atoms with Crippen molar-refractivity contribution < 1.29 is 19.0 Å². The average molecular weight is 293 g/mol. The highest BCUT2D eigenvalue weighted by Crippen LogP contribution is 2.32. The minimum Gasteiger partial charge on any atom is -0.454 e. The molecule has 1 aliphatic rings. The number of rotatable bonds is 7. The molecule has 5 heteroatoms. The molecule has 21 heavy (non-hydrogen) atoms. The second-order valence-electron chi connectivity index (χ2n) is 5.60. The van der Waals surface area contributed by atoms with E-state index in [9.17, 15) is 4.79 Å². The SMILES string of the molecule is CC(C)CO[C@@H](C)C(=O)NCCc1ccc2c(c1)OCO2. The summed E-state index contributed by atoms with van der Waals surface area (Å²) in [6, 6.07) is 5.83. The van der Waals surface area contributed by atoms with Crippen LogP contribution in [0.2, 0.25) is 0 Å². The molecule has 1 atom stereocenters. The van der Waals surface area contributed by atoms with Gasteiger partial charge >= 0.3 is 0 Å². The summed E-state index contributed by atoms with van der Waals surface area (Å²) in [5.41, 5.74) is 1.11. The fourth-order valence-electron chi connectivity index (χ4n) is 1.98. The van der Waals surface area contributed by atoms with Gasteiger partial charge in [0.15, 0.2) is 11.5 Å². The smallest absolute Gasteiger partial charge is 0.248 e. The molecule has 1 amide bonds. The summed E-state index contributed by atoms with van der Waals surface area (Å²) < 4.78 is 16.1. The maximum absolute atomic E-state index is 11.9. The predicted molar refractivity (Wildman–Crippen MR) is 79.5 cm³/mol. The minimum absolute atomic E-state index is 0.0728. The standard InChI is InChI=1S/C16H23NO4/c1-11(2)9-19-12(3)16(18)17-7-6-13-4-5-14-15(8-13)21-10-20-14/h4-5,8,11-12H,6-7,9-10H2,1-3H3,(H,17,18)/t12-/m0/s1. The monoisotopic (exact) mass is 293 g/mol. The lowest BCUT2D eigenvalue weighted by Crippen LogP contribution is -2.36. The Balaban J connectivity index is 1.72. The number of amides is 1. The van der Waals surface area contributed by atoms with E-state index in [0.717, 1.165) is 23.5 Å². The number of carbonyl (C=O) groups is 1. The van der Waals surface area contributed by atoms with Crippen molar-refractivity contribution in [3.05, 3.63) is 23.8 Å². The molecule has 1 heterocycles. The highest BCUT2D eigenvalue weighted by atomic mass is 16.7. The van der Waals surface area contributed by atoms with Crippen LogP contribution in [0.5, 0.6) is 11.5 Å². The zero-order valence-corrected chi connectivity index (χ0v) is 12.8. The lowest BCUT2D eigenvalue weighted by molar-refractivity contribution is -0.132. The Morgan fingerprint density at radius 3 is 2.81 bits per heavy atom. The van der Waals surface area contributed by atoms with Crippen LogP contribution in [-0.2, 0) is 16.0 Å². The third kappa shape index (κ3) is 4.63. The number of nitrogens with one attached hydrogen (secondary N) is 1. The van der Waals surface area contributed by atoms with Crippen LogP contribution < -0.4 is 14.8 Å². The van der Waals surface area contributed by atoms with Crippen molar-refractivity contribution in [2.24, 2.45) is 5.92 Å². The maximum Gasteiger partial charge on any atom is 0.248 e. The van der Waals surface area contributed by atoms with Crippen molar-refractivity contribution in [1.29, 1.82) is 0 Å². The molecule has 0 spiro atoms. The number of ether oxygens (including phenoxy) is 3. The van der Waals surface area contributed by atoms with Gasteiger partial charge in [-0.3, -0.25) is 4.79 Å². The molecule has 0 bridgehead atoms. The fraction of sp³-hybridized carbons (Fsp3) is 0.562. The third-order valence-corrected chi connectivity index (χ3v) is 3.20. The minimum atomic E-state index is -0.413. The fourth-order valence-corrected chi connectivity index (χ4v) is 1.98. The molecule has 0 fully saturated rings. The number of carbonyl (C=O) groups excluding carboxylic acids is 1. The van der Waals surface area contributed by atoms with Gasteiger partial charge in [-0.15, -0.1) is 0 Å². The third-order valence-electron chi connectivity index (χ3n) is 3.20. The summed E-state index contributed by atoms with van der Waals surface area (Å²) in [4.78, 5) is 11.9. The van der Waals surface area contributed by atoms with E-state index in [-0.39, 0.29) is 12.7 Å². The zero-order chi connectivity index (χ0) is 15.2. The highest BCUT2D eigenvalue weighted by molar-refractivity contribution is 5.80. The average Bonchev–Trinajstić information content (AvgIpc) is 2.92. The summed E-state index contributed by atoms with van der Waals surface area (Å²) in [5, 5.41) is 2.89. The van der Waals surface area contributed by atoms with E-state index in [4.69, 9.17) is 14.2 Å². The number of fused-ring (bicyclic) bond motifs is 1. The Morgan fingerprint density at radius 2 is 2.05 bits per heavy atom. The molecule has 116 valence electrons. The molecule has 0 radical (unpaired) electrons. The maximum atomic E-state index is 11.9. The number of hydrogen-bond donors (Lipinski definition) is 1. The lowest BCUT2D eigenvalue weighted by Gasteiger charge is -2.14. The van der Waals surface area contributed by atoms with Crippen molar-refractivity contribution in [3.8, 4) is 11.5 Å². The van der Waals surface area contributed by atoms with Crippen LogP contribution in [0.3, 0.4) is 0 Å². The molecule has 0 aliphatic carbocycles. The first-order chi connectivity index (χ1) is 10.1. The largest absolute Gasteiger partial charge is 0.454 e. The summed E-state index contributed by atoms with van der Waals surface area (Å²) in [5.74, 6) is 1.90. The predicted octanol–water partition coefficient (Wildman–Crippen LogP) is 2.14. The zero-order valence-electron chi connectivity index (χ0n) is 12.8. The van der Waals surface area contributed by atoms with Crippen LogP contribution in [-0.4, -0.2) is 32.0 Å². The molecule has 0 unspecified atom stereocenters. The molecule has 5 nitrogen and oxygen atoms in total. The second-order valence-corrected chi connectivity index (χ2v) is 5.60. The Hall–Kier alpha value is -1.75. The van der Waals surface area contributed by atoms with E-state index in [2.05, 4.69) is 19.2 Å². The van der Waals surface area contributed by atoms with Gasteiger partial charge in [0.2, 0.25) is 12.7 Å². The van der Waals surface area contributed by atoms with E-state index in [1.807, 2.05) is 18.2 Å². The van der Waals surface area contributed by atoms with Gasteiger partial charge in [-0.2, -0.15) is 0 Å². The second kappa shape index (κ2) is 7.31. The molecule has 1 aliphatic heterocycles. The Bertz CT molecular complexity index is 487. The van der Waals surface area contributed by atoms with E-state index in [1.165, 1.54) is 0 Å². The molecule has 0 saturated carbocycles. The molecule has 1 aromatic rings. The summed E-state index contributed by atoms with van der Waals surface area (Å²) in [6.45, 7) is 7.34. The van der Waals surface area contributed by atoms with Crippen molar-refractivity contribution in [1.82, 2.24) is 5.32 Å². The molecule has 1 aromatic carbocycles. The number of hydrogen-bond acceptors (Lipinski definition) is 4. The van der Waals surface area contributed by atoms with Crippen LogP contribution in [0.15, 0.2) is 18.2 Å². The van der Waals surface area contributed by atoms with E-state index < -0.39 is 6.10 Å². The highest BCUT2D eigenvalue weighted by Gasteiger charge is 2.15. The van der Waals surface area contributed by atoms with Crippen LogP contribution in [0.25, 0.3) is 0 Å². The van der Waals surface area contributed by atoms with Crippen molar-refractivity contribution >= 4 is 5.91 Å². The van der Waals surface area contributed by atoms with Gasteiger partial charge in [-0.05, 0) is 37.0 Å². The van der Waals surface area contributed by atoms with Crippen LogP contribution in [0, 0.1) is 5.92 Å². The molecular formula is C16H23NO4. The van der Waals surface area contributed by atoms with Crippen LogP contribution in [0.1, 0.15) is 26.3 Å². The molecular weight excluding hydrogens is 270 g/mol. The van der Waals surface area contributed by atoms with E-state index >= 15 is 0 Å². The molecule has 2 rings (SSSR count). The van der Waals surface area contributed by atoms with Crippen molar-refractivity contribution in [3.63, 3.8) is 0 Å². The Morgan fingerprint density at radius 1 is 1.29 bits per heavy atom. The normalized spacial score (nSPS) is 14.3.